The fourth-order valence-corrected chi connectivity index (χ4v) is 10.5. The van der Waals surface area contributed by atoms with Gasteiger partial charge in [-0.25, -0.2) is 0 Å². The fourth-order valence-electron chi connectivity index (χ4n) is 6.00. The number of rotatable bonds is 13. The van der Waals surface area contributed by atoms with Gasteiger partial charge in [0.1, 0.15) is 24.7 Å². The predicted octanol–water partition coefficient (Wildman–Crippen LogP) is 11.1. The van der Waals surface area contributed by atoms with Crippen molar-refractivity contribution in [1.29, 1.82) is 0 Å². The Bertz CT molecular complexity index is 2560. The van der Waals surface area contributed by atoms with Gasteiger partial charge in [0.2, 0.25) is 0 Å². The third-order valence-electron chi connectivity index (χ3n) is 8.40. The van der Waals surface area contributed by atoms with Crippen LogP contribution in [-0.2, 0) is 0 Å². The highest BCUT2D eigenvalue weighted by atomic mass is 32.2. The second kappa shape index (κ2) is 16.8. The molecule has 8 rings (SSSR count). The average molecular weight is 775 g/mol. The number of hydrogen-bond donors (Lipinski definition) is 0. The van der Waals surface area contributed by atoms with Crippen molar-refractivity contribution in [3.8, 4) is 36.2 Å². The molecule has 0 aliphatic rings. The van der Waals surface area contributed by atoms with Crippen LogP contribution in [0.15, 0.2) is 151 Å². The van der Waals surface area contributed by atoms with Crippen LogP contribution in [0.3, 0.4) is 0 Å². The maximum atomic E-state index is 6.15. The van der Waals surface area contributed by atoms with Crippen molar-refractivity contribution in [2.45, 2.75) is 29.4 Å². The summed E-state index contributed by atoms with van der Waals surface area (Å²) >= 11 is 6.83. The summed E-state index contributed by atoms with van der Waals surface area (Å²) in [5.41, 5.74) is 3.57. The number of hydrogen-bond acceptors (Lipinski definition) is 10. The molecule has 0 aliphatic heterocycles. The molecule has 4 aromatic heterocycles. The molecular formula is C44H30N4O2S4. The van der Waals surface area contributed by atoms with Crippen molar-refractivity contribution in [3.05, 3.63) is 122 Å². The summed E-state index contributed by atoms with van der Waals surface area (Å²) in [6.07, 6.45) is 18.9. The number of nitrogens with zero attached hydrogens (tertiary/aromatic N) is 4. The zero-order chi connectivity index (χ0) is 36.7. The normalized spacial score (nSPS) is 11.1. The van der Waals surface area contributed by atoms with E-state index in [1.807, 2.05) is 110 Å². The van der Waals surface area contributed by atoms with Crippen LogP contribution in [0.25, 0.3) is 43.6 Å². The van der Waals surface area contributed by atoms with Crippen molar-refractivity contribution in [1.82, 2.24) is 19.9 Å². The van der Waals surface area contributed by atoms with E-state index < -0.39 is 0 Å². The Morgan fingerprint density at radius 1 is 0.444 bits per heavy atom. The quantitative estimate of drug-likeness (QED) is 0.0642. The summed E-state index contributed by atoms with van der Waals surface area (Å²) in [4.78, 5) is 25.3. The first-order chi connectivity index (χ1) is 26.7. The van der Waals surface area contributed by atoms with Crippen molar-refractivity contribution in [2.75, 3.05) is 24.7 Å². The minimum Gasteiger partial charge on any atom is -0.479 e. The van der Waals surface area contributed by atoms with E-state index in [4.69, 9.17) is 42.3 Å². The van der Waals surface area contributed by atoms with Crippen LogP contribution in [0.2, 0.25) is 0 Å². The number of para-hydroxylation sites is 4. The summed E-state index contributed by atoms with van der Waals surface area (Å²) in [5.74, 6) is 8.37. The minimum absolute atomic E-state index is 0.165. The third kappa shape index (κ3) is 7.52. The maximum Gasteiger partial charge on any atom is 0.148 e. The highest BCUT2D eigenvalue weighted by Gasteiger charge is 2.19. The van der Waals surface area contributed by atoms with Gasteiger partial charge in [-0.3, -0.25) is 19.9 Å². The molecule has 0 saturated carbocycles. The Labute approximate surface area is 330 Å². The Balaban J connectivity index is 1.08. The molecule has 0 spiro atoms. The zero-order valence-electron chi connectivity index (χ0n) is 28.8. The van der Waals surface area contributed by atoms with Crippen LogP contribution in [0.5, 0.6) is 11.5 Å². The largest absolute Gasteiger partial charge is 0.479 e. The first kappa shape index (κ1) is 35.7. The molecular weight excluding hydrogens is 745 g/mol. The van der Waals surface area contributed by atoms with Crippen LogP contribution in [-0.4, -0.2) is 44.7 Å². The van der Waals surface area contributed by atoms with E-state index in [1.54, 1.807) is 47.0 Å². The summed E-state index contributed by atoms with van der Waals surface area (Å²) in [6, 6.07) is 32.4. The zero-order valence-corrected chi connectivity index (χ0v) is 32.0. The van der Waals surface area contributed by atoms with Gasteiger partial charge in [0.05, 0.1) is 31.9 Å². The van der Waals surface area contributed by atoms with Crippen LogP contribution >= 0.6 is 47.0 Å². The van der Waals surface area contributed by atoms with Gasteiger partial charge in [-0.1, -0.05) is 96.0 Å². The van der Waals surface area contributed by atoms with Gasteiger partial charge in [-0.2, -0.15) is 0 Å². The van der Waals surface area contributed by atoms with E-state index in [9.17, 15) is 0 Å². The topological polar surface area (TPSA) is 70.0 Å². The number of pyridine rings is 4. The van der Waals surface area contributed by atoms with Crippen molar-refractivity contribution in [3.63, 3.8) is 0 Å². The summed E-state index contributed by atoms with van der Waals surface area (Å²) in [6.45, 7) is 0.329. The van der Waals surface area contributed by atoms with Gasteiger partial charge < -0.3 is 9.47 Å². The van der Waals surface area contributed by atoms with Gasteiger partial charge >= 0.3 is 0 Å². The van der Waals surface area contributed by atoms with Crippen LogP contribution in [0.4, 0.5) is 0 Å². The van der Waals surface area contributed by atoms with Crippen molar-refractivity contribution >= 4 is 90.7 Å². The standard InChI is InChI=1S/C44H30N4O2S4/c1-3-21-49-41-29-13-5-9-17-33(29)45-25-37(41)53-43-31-15-7-11-19-35(31)47-27-39(43)51-23-24-52-40-28-48-36-20-12-8-16-32(36)44(40)54-38-26-46-34-18-10-6-14-30(34)42(38)50-22-4-2/h1-2,5-20,25-28H,21-24H2. The molecule has 0 unspecified atom stereocenters. The summed E-state index contributed by atoms with van der Waals surface area (Å²) in [5, 5.41) is 3.99. The van der Waals surface area contributed by atoms with E-state index in [2.05, 4.69) is 24.0 Å². The lowest BCUT2D eigenvalue weighted by atomic mass is 10.2. The van der Waals surface area contributed by atoms with Crippen LogP contribution < -0.4 is 9.47 Å². The summed E-state index contributed by atoms with van der Waals surface area (Å²) in [7, 11) is 0. The average Bonchev–Trinajstić information content (AvgIpc) is 3.22. The lowest BCUT2D eigenvalue weighted by Gasteiger charge is -2.16. The molecule has 8 aromatic rings. The second-order valence-electron chi connectivity index (χ2n) is 11.8. The smallest absolute Gasteiger partial charge is 0.148 e. The lowest BCUT2D eigenvalue weighted by Crippen LogP contribution is -1.98. The van der Waals surface area contributed by atoms with Gasteiger partial charge in [0.25, 0.3) is 0 Å². The first-order valence-electron chi connectivity index (χ1n) is 17.0. The van der Waals surface area contributed by atoms with Gasteiger partial charge in [-0.05, 0) is 36.4 Å². The molecule has 0 bridgehead atoms. The number of benzene rings is 4. The van der Waals surface area contributed by atoms with E-state index in [1.165, 1.54) is 0 Å². The molecule has 0 saturated heterocycles. The molecule has 0 N–H and O–H groups in total. The van der Waals surface area contributed by atoms with E-state index in [0.29, 0.717) is 0 Å². The SMILES string of the molecule is C#CCOc1c(Sc2c(SCCSc3cnc4ccccc4c3Sc3cnc4ccccc4c3OCC#C)cnc3ccccc23)cnc2ccccc12. The Hall–Kier alpha value is -5.36. The molecule has 0 amide bonds. The number of thioether (sulfide) groups is 2. The molecule has 262 valence electrons. The van der Waals surface area contributed by atoms with Gasteiger partial charge in [0.15, 0.2) is 0 Å². The molecule has 6 nitrogen and oxygen atoms in total. The lowest BCUT2D eigenvalue weighted by molar-refractivity contribution is 0.366. The highest BCUT2D eigenvalue weighted by molar-refractivity contribution is 8.05. The number of aromatic nitrogens is 4. The molecule has 0 radical (unpaired) electrons. The van der Waals surface area contributed by atoms with Gasteiger partial charge in [0, 0.05) is 77.4 Å². The minimum atomic E-state index is 0.165. The molecule has 54 heavy (non-hydrogen) atoms. The fraction of sp³-hybridized carbons (Fsp3) is 0.0909. The van der Waals surface area contributed by atoms with E-state index in [-0.39, 0.29) is 13.2 Å². The molecule has 0 atom stereocenters. The highest BCUT2D eigenvalue weighted by Crippen LogP contribution is 2.47. The van der Waals surface area contributed by atoms with Crippen molar-refractivity contribution < 1.29 is 9.47 Å². The third-order valence-corrected chi connectivity index (χ3v) is 13.3. The van der Waals surface area contributed by atoms with Crippen LogP contribution in [0, 0.1) is 24.7 Å². The van der Waals surface area contributed by atoms with Crippen molar-refractivity contribution in [2.24, 2.45) is 0 Å². The Morgan fingerprint density at radius 3 is 1.17 bits per heavy atom. The molecule has 4 aromatic carbocycles. The number of fused-ring (bicyclic) bond motifs is 4. The van der Waals surface area contributed by atoms with E-state index in [0.717, 1.165) is 96.0 Å². The molecule has 4 heterocycles. The predicted molar refractivity (Wildman–Crippen MR) is 225 cm³/mol. The molecule has 10 heteroatoms. The Kier molecular flexibility index (Phi) is 11.1. The molecule has 0 aliphatic carbocycles. The monoisotopic (exact) mass is 774 g/mol. The first-order valence-corrected chi connectivity index (χ1v) is 20.6. The second-order valence-corrected chi connectivity index (χ2v) is 16.1. The maximum absolute atomic E-state index is 6.15. The van der Waals surface area contributed by atoms with Gasteiger partial charge in [-0.15, -0.1) is 36.4 Å². The number of ether oxygens (including phenoxy) is 2. The van der Waals surface area contributed by atoms with E-state index >= 15 is 0 Å². The summed E-state index contributed by atoms with van der Waals surface area (Å²) < 4.78 is 12.3. The van der Waals surface area contributed by atoms with Crippen LogP contribution in [0.1, 0.15) is 0 Å². The number of terminal acetylenes is 2. The Morgan fingerprint density at radius 2 is 0.778 bits per heavy atom. The molecule has 0 fully saturated rings.